The minimum absolute atomic E-state index is 0.198. The van der Waals surface area contributed by atoms with E-state index in [9.17, 15) is 9.59 Å². The van der Waals surface area contributed by atoms with Crippen molar-refractivity contribution in [3.8, 4) is 0 Å². The van der Waals surface area contributed by atoms with Crippen LogP contribution in [0.3, 0.4) is 0 Å². The van der Waals surface area contributed by atoms with Crippen LogP contribution < -0.4 is 5.32 Å². The van der Waals surface area contributed by atoms with Crippen LogP contribution in [-0.4, -0.2) is 30.8 Å². The predicted octanol–water partition coefficient (Wildman–Crippen LogP) is 4.35. The number of benzene rings is 2. The molecule has 2 aromatic carbocycles. The molecule has 1 heterocycles. The third-order valence-corrected chi connectivity index (χ3v) is 4.23. The molecule has 1 N–H and O–H groups in total. The monoisotopic (exact) mass is 356 g/mol. The molecule has 0 spiro atoms. The second kappa shape index (κ2) is 6.61. The maximum absolute atomic E-state index is 12.5. The fraction of sp³-hybridized carbons (Fsp3) is 0.158. The molecule has 3 rings (SSSR count). The molecule has 0 saturated carbocycles. The molecular weight excluding hydrogens is 340 g/mol. The van der Waals surface area contributed by atoms with Crippen molar-refractivity contribution in [2.45, 2.75) is 6.92 Å². The highest BCUT2D eigenvalue weighted by Crippen LogP contribution is 2.27. The van der Waals surface area contributed by atoms with Gasteiger partial charge in [-0.3, -0.25) is 9.59 Å². The van der Waals surface area contributed by atoms with Crippen LogP contribution in [0.4, 0.5) is 5.69 Å². The van der Waals surface area contributed by atoms with Crippen molar-refractivity contribution in [3.63, 3.8) is 0 Å². The van der Waals surface area contributed by atoms with Crippen molar-refractivity contribution in [2.24, 2.45) is 0 Å². The Kier molecular flexibility index (Phi) is 4.51. The van der Waals surface area contributed by atoms with Crippen LogP contribution in [0.25, 0.3) is 11.0 Å². The van der Waals surface area contributed by atoms with Crippen molar-refractivity contribution in [2.75, 3.05) is 19.4 Å². The first-order chi connectivity index (χ1) is 11.9. The molecule has 0 aliphatic heterocycles. The van der Waals surface area contributed by atoms with Crippen molar-refractivity contribution < 1.29 is 14.0 Å². The lowest BCUT2D eigenvalue weighted by Gasteiger charge is -2.12. The molecule has 0 unspecified atom stereocenters. The van der Waals surface area contributed by atoms with Gasteiger partial charge in [0.25, 0.3) is 11.8 Å². The van der Waals surface area contributed by atoms with E-state index in [0.717, 1.165) is 10.9 Å². The van der Waals surface area contributed by atoms with Crippen molar-refractivity contribution in [3.05, 3.63) is 64.4 Å². The molecule has 0 aliphatic carbocycles. The molecule has 6 heteroatoms. The summed E-state index contributed by atoms with van der Waals surface area (Å²) in [6, 6.07) is 12.2. The Morgan fingerprint density at radius 3 is 2.48 bits per heavy atom. The number of furan rings is 1. The first-order valence-corrected chi connectivity index (χ1v) is 8.07. The summed E-state index contributed by atoms with van der Waals surface area (Å²) in [5.74, 6) is -0.307. The van der Waals surface area contributed by atoms with Gasteiger partial charge < -0.3 is 14.6 Å². The topological polar surface area (TPSA) is 62.6 Å². The van der Waals surface area contributed by atoms with Gasteiger partial charge in [-0.2, -0.15) is 0 Å². The van der Waals surface area contributed by atoms with Crippen LogP contribution in [0, 0.1) is 6.92 Å². The third kappa shape index (κ3) is 3.23. The van der Waals surface area contributed by atoms with E-state index < -0.39 is 0 Å². The summed E-state index contributed by atoms with van der Waals surface area (Å²) in [7, 11) is 3.30. The summed E-state index contributed by atoms with van der Waals surface area (Å²) in [5.41, 5.74) is 2.31. The zero-order chi connectivity index (χ0) is 18.1. The molecule has 5 nitrogen and oxygen atoms in total. The van der Waals surface area contributed by atoms with Gasteiger partial charge >= 0.3 is 0 Å². The van der Waals surface area contributed by atoms with E-state index in [-0.39, 0.29) is 22.6 Å². The minimum atomic E-state index is -0.364. The summed E-state index contributed by atoms with van der Waals surface area (Å²) in [6.45, 7) is 1.84. The van der Waals surface area contributed by atoms with Gasteiger partial charge in [-0.15, -0.1) is 0 Å². The van der Waals surface area contributed by atoms with E-state index in [2.05, 4.69) is 5.32 Å². The number of anilines is 1. The lowest BCUT2D eigenvalue weighted by molar-refractivity contribution is 0.0827. The Bertz CT molecular complexity index is 976. The van der Waals surface area contributed by atoms with E-state index >= 15 is 0 Å². The van der Waals surface area contributed by atoms with E-state index in [0.29, 0.717) is 16.8 Å². The van der Waals surface area contributed by atoms with Gasteiger partial charge in [0.15, 0.2) is 5.76 Å². The summed E-state index contributed by atoms with van der Waals surface area (Å²) >= 11 is 6.17. The Morgan fingerprint density at radius 1 is 1.12 bits per heavy atom. The molecule has 1 aromatic heterocycles. The van der Waals surface area contributed by atoms with Crippen molar-refractivity contribution in [1.29, 1.82) is 0 Å². The largest absolute Gasteiger partial charge is 0.451 e. The number of halogens is 1. The van der Waals surface area contributed by atoms with E-state index in [1.807, 2.05) is 31.2 Å². The van der Waals surface area contributed by atoms with Crippen LogP contribution in [0.5, 0.6) is 0 Å². The molecule has 2 amide bonds. The molecule has 0 saturated heterocycles. The number of amides is 2. The fourth-order valence-electron chi connectivity index (χ4n) is 2.59. The number of para-hydroxylation sites is 1. The van der Waals surface area contributed by atoms with Crippen LogP contribution >= 0.6 is 11.6 Å². The average Bonchev–Trinajstić information content (AvgIpc) is 2.92. The Morgan fingerprint density at radius 2 is 1.84 bits per heavy atom. The molecule has 25 heavy (non-hydrogen) atoms. The van der Waals surface area contributed by atoms with Crippen LogP contribution in [-0.2, 0) is 0 Å². The molecule has 128 valence electrons. The number of hydrogen-bond donors (Lipinski definition) is 1. The van der Waals surface area contributed by atoms with Crippen LogP contribution in [0.2, 0.25) is 5.02 Å². The number of rotatable bonds is 3. The van der Waals surface area contributed by atoms with Gasteiger partial charge in [0.05, 0.1) is 10.6 Å². The number of hydrogen-bond acceptors (Lipinski definition) is 3. The van der Waals surface area contributed by atoms with Crippen molar-refractivity contribution >= 4 is 40.1 Å². The SMILES string of the molecule is Cc1c(C(=O)Nc2ccc(C(=O)N(C)C)c(Cl)c2)oc2ccccc12. The number of aryl methyl sites for hydroxylation is 1. The maximum atomic E-state index is 12.5. The lowest BCUT2D eigenvalue weighted by atomic mass is 10.1. The first kappa shape index (κ1) is 17.0. The quantitative estimate of drug-likeness (QED) is 0.758. The van der Waals surface area contributed by atoms with Gasteiger partial charge in [-0.05, 0) is 31.2 Å². The standard InChI is InChI=1S/C19H17ClN2O3/c1-11-13-6-4-5-7-16(13)25-17(11)18(23)21-12-8-9-14(15(20)10-12)19(24)22(2)3/h4-10H,1-3H3,(H,21,23). The normalized spacial score (nSPS) is 10.7. The maximum Gasteiger partial charge on any atom is 0.291 e. The zero-order valence-corrected chi connectivity index (χ0v) is 14.8. The molecule has 0 radical (unpaired) electrons. The number of nitrogens with one attached hydrogen (secondary N) is 1. The minimum Gasteiger partial charge on any atom is -0.451 e. The highest BCUT2D eigenvalue weighted by molar-refractivity contribution is 6.34. The average molecular weight is 357 g/mol. The van der Waals surface area contributed by atoms with Crippen molar-refractivity contribution in [1.82, 2.24) is 4.90 Å². The smallest absolute Gasteiger partial charge is 0.291 e. The van der Waals surface area contributed by atoms with Gasteiger partial charge in [-0.1, -0.05) is 29.8 Å². The van der Waals surface area contributed by atoms with E-state index in [4.69, 9.17) is 16.0 Å². The van der Waals surface area contributed by atoms with E-state index in [1.54, 1.807) is 32.3 Å². The van der Waals surface area contributed by atoms with Gasteiger partial charge in [0.1, 0.15) is 5.58 Å². The first-order valence-electron chi connectivity index (χ1n) is 7.69. The Balaban J connectivity index is 1.86. The summed E-state index contributed by atoms with van der Waals surface area (Å²) in [6.07, 6.45) is 0. The summed E-state index contributed by atoms with van der Waals surface area (Å²) < 4.78 is 5.65. The number of fused-ring (bicyclic) bond motifs is 1. The fourth-order valence-corrected chi connectivity index (χ4v) is 2.85. The van der Waals surface area contributed by atoms with E-state index in [1.165, 1.54) is 4.90 Å². The van der Waals surface area contributed by atoms with Gasteiger partial charge in [-0.25, -0.2) is 0 Å². The molecule has 0 atom stereocenters. The highest BCUT2D eigenvalue weighted by Gasteiger charge is 2.18. The zero-order valence-electron chi connectivity index (χ0n) is 14.1. The number of carbonyl (C=O) groups excluding carboxylic acids is 2. The molecular formula is C19H17ClN2O3. The summed E-state index contributed by atoms with van der Waals surface area (Å²) in [4.78, 5) is 26.0. The highest BCUT2D eigenvalue weighted by atomic mass is 35.5. The predicted molar refractivity (Wildman–Crippen MR) is 98.4 cm³/mol. The summed E-state index contributed by atoms with van der Waals surface area (Å²) in [5, 5.41) is 3.93. The molecule has 0 aliphatic rings. The third-order valence-electron chi connectivity index (χ3n) is 3.91. The van der Waals surface area contributed by atoms with Gasteiger partial charge in [0.2, 0.25) is 0 Å². The number of nitrogens with zero attached hydrogens (tertiary/aromatic N) is 1. The van der Waals surface area contributed by atoms with Crippen LogP contribution in [0.1, 0.15) is 26.5 Å². The van der Waals surface area contributed by atoms with Gasteiger partial charge in [0, 0.05) is 30.7 Å². The second-order valence-electron chi connectivity index (χ2n) is 5.90. The second-order valence-corrected chi connectivity index (χ2v) is 6.31. The molecule has 0 bridgehead atoms. The Labute approximate surface area is 150 Å². The Hall–Kier alpha value is -2.79. The number of carbonyl (C=O) groups is 2. The molecule has 3 aromatic rings. The molecule has 0 fully saturated rings. The van der Waals surface area contributed by atoms with Crippen LogP contribution in [0.15, 0.2) is 46.9 Å². The lowest BCUT2D eigenvalue weighted by Crippen LogP contribution is -2.22.